The smallest absolute Gasteiger partial charge is 0.191 e. The fourth-order valence-corrected chi connectivity index (χ4v) is 3.02. The summed E-state index contributed by atoms with van der Waals surface area (Å²) < 4.78 is 4.28. The van der Waals surface area contributed by atoms with Crippen molar-refractivity contribution in [2.75, 3.05) is 20.1 Å². The summed E-state index contributed by atoms with van der Waals surface area (Å²) in [6, 6.07) is 8.21. The van der Waals surface area contributed by atoms with Crippen molar-refractivity contribution < 1.29 is 0 Å². The number of guanidine groups is 1. The number of fused-ring (bicyclic) bond motifs is 1. The first kappa shape index (κ1) is 21.1. The Morgan fingerprint density at radius 2 is 1.89 bits per heavy atom. The van der Waals surface area contributed by atoms with Crippen molar-refractivity contribution in [3.63, 3.8) is 0 Å². The Kier molecular flexibility index (Phi) is 8.01. The van der Waals surface area contributed by atoms with E-state index in [2.05, 4.69) is 52.9 Å². The number of aliphatic imine (C=N–C) groups is 1. The number of hydrogen-bond acceptors (Lipinski definition) is 4. The van der Waals surface area contributed by atoms with Gasteiger partial charge in [0.1, 0.15) is 18.0 Å². The van der Waals surface area contributed by atoms with Crippen LogP contribution in [0.4, 0.5) is 0 Å². The Hall–Kier alpha value is -2.17. The summed E-state index contributed by atoms with van der Waals surface area (Å²) >= 11 is 0. The van der Waals surface area contributed by atoms with Gasteiger partial charge in [0.25, 0.3) is 0 Å². The van der Waals surface area contributed by atoms with E-state index in [0.717, 1.165) is 61.2 Å². The molecule has 0 saturated carbocycles. The van der Waals surface area contributed by atoms with E-state index in [1.165, 1.54) is 0 Å². The first-order valence-electron chi connectivity index (χ1n) is 8.96. The molecule has 0 atom stereocenters. The summed E-state index contributed by atoms with van der Waals surface area (Å²) in [6.07, 6.45) is 2.65. The topological polar surface area (TPSA) is 85.0 Å². The van der Waals surface area contributed by atoms with E-state index in [4.69, 9.17) is 0 Å². The van der Waals surface area contributed by atoms with Gasteiger partial charge in [-0.2, -0.15) is 0 Å². The molecule has 0 bridgehead atoms. The minimum atomic E-state index is 0. The summed E-state index contributed by atoms with van der Waals surface area (Å²) in [5.41, 5.74) is 2.20. The van der Waals surface area contributed by atoms with Gasteiger partial charge in [-0.05, 0) is 19.1 Å². The monoisotopic (exact) mass is 482 g/mol. The van der Waals surface area contributed by atoms with Crippen molar-refractivity contribution in [1.82, 2.24) is 34.9 Å². The lowest BCUT2D eigenvalue weighted by Gasteiger charge is -2.13. The molecule has 2 N–H and O–H groups in total. The Labute approximate surface area is 176 Å². The zero-order chi connectivity index (χ0) is 18.4. The van der Waals surface area contributed by atoms with E-state index < -0.39 is 0 Å². The van der Waals surface area contributed by atoms with Gasteiger partial charge in [-0.25, -0.2) is 4.98 Å². The summed E-state index contributed by atoms with van der Waals surface area (Å²) in [5, 5.41) is 14.7. The molecule has 3 aromatic rings. The molecule has 0 radical (unpaired) electrons. The lowest BCUT2D eigenvalue weighted by molar-refractivity contribution is 0.622. The highest BCUT2D eigenvalue weighted by molar-refractivity contribution is 14.0. The quantitative estimate of drug-likeness (QED) is 0.306. The Morgan fingerprint density at radius 1 is 1.15 bits per heavy atom. The van der Waals surface area contributed by atoms with Gasteiger partial charge >= 0.3 is 0 Å². The number of aryl methyl sites for hydroxylation is 2. The maximum Gasteiger partial charge on any atom is 0.191 e. The highest BCUT2D eigenvalue weighted by atomic mass is 127. The maximum absolute atomic E-state index is 4.60. The van der Waals surface area contributed by atoms with Crippen molar-refractivity contribution in [3.8, 4) is 0 Å². The SMILES string of the molecule is CCc1nncn1CCNC(=NC)NCCn1c(C)nc2ccccc21.I. The molecule has 0 unspecified atom stereocenters. The highest BCUT2D eigenvalue weighted by Gasteiger charge is 2.07. The zero-order valence-corrected chi connectivity index (χ0v) is 18.3. The van der Waals surface area contributed by atoms with Gasteiger partial charge in [0.05, 0.1) is 11.0 Å². The number of rotatable bonds is 7. The second-order valence-electron chi connectivity index (χ2n) is 6.02. The van der Waals surface area contributed by atoms with Crippen LogP contribution in [0.3, 0.4) is 0 Å². The number of nitrogens with one attached hydrogen (secondary N) is 2. The second-order valence-corrected chi connectivity index (χ2v) is 6.02. The van der Waals surface area contributed by atoms with Crippen LogP contribution in [0.1, 0.15) is 18.6 Å². The van der Waals surface area contributed by atoms with Crippen LogP contribution < -0.4 is 10.6 Å². The molecule has 8 nitrogen and oxygen atoms in total. The predicted octanol–water partition coefficient (Wildman–Crippen LogP) is 1.98. The Balaban J connectivity index is 0.00000261. The van der Waals surface area contributed by atoms with Gasteiger partial charge < -0.3 is 19.8 Å². The van der Waals surface area contributed by atoms with Crippen LogP contribution in [-0.4, -0.2) is 50.4 Å². The molecule has 0 aliphatic carbocycles. The van der Waals surface area contributed by atoms with E-state index in [1.807, 2.05) is 25.1 Å². The third kappa shape index (κ3) is 5.18. The van der Waals surface area contributed by atoms with Crippen LogP contribution in [0, 0.1) is 6.92 Å². The minimum absolute atomic E-state index is 0. The molecular formula is C18H27IN8. The zero-order valence-electron chi connectivity index (χ0n) is 16.0. The normalized spacial score (nSPS) is 11.4. The molecule has 0 aliphatic rings. The van der Waals surface area contributed by atoms with Crippen LogP contribution in [-0.2, 0) is 19.5 Å². The first-order valence-corrected chi connectivity index (χ1v) is 8.96. The summed E-state index contributed by atoms with van der Waals surface area (Å²) in [6.45, 7) is 7.29. The average Bonchev–Trinajstić information content (AvgIpc) is 3.24. The van der Waals surface area contributed by atoms with Crippen LogP contribution in [0.2, 0.25) is 0 Å². The van der Waals surface area contributed by atoms with E-state index in [9.17, 15) is 0 Å². The van der Waals surface area contributed by atoms with Crippen LogP contribution in [0.15, 0.2) is 35.6 Å². The van der Waals surface area contributed by atoms with Crippen LogP contribution in [0.25, 0.3) is 11.0 Å². The van der Waals surface area contributed by atoms with E-state index in [-0.39, 0.29) is 24.0 Å². The van der Waals surface area contributed by atoms with Crippen molar-refractivity contribution in [1.29, 1.82) is 0 Å². The standard InChI is InChI=1S/C18H26N8.HI/c1-4-17-24-22-13-25(17)11-9-20-18(19-3)21-10-12-26-14(2)23-15-7-5-6-8-16(15)26;/h5-8,13H,4,9-12H2,1-3H3,(H2,19,20,21);1H. The van der Waals surface area contributed by atoms with E-state index in [0.29, 0.717) is 0 Å². The molecule has 0 amide bonds. The number of nitrogens with zero attached hydrogens (tertiary/aromatic N) is 6. The van der Waals surface area contributed by atoms with Crippen molar-refractivity contribution >= 4 is 41.0 Å². The molecule has 2 heterocycles. The van der Waals surface area contributed by atoms with E-state index in [1.54, 1.807) is 13.4 Å². The molecule has 0 aliphatic heterocycles. The van der Waals surface area contributed by atoms with Crippen LogP contribution in [0.5, 0.6) is 0 Å². The Bertz CT molecular complexity index is 883. The number of aromatic nitrogens is 5. The lowest BCUT2D eigenvalue weighted by Crippen LogP contribution is -2.40. The molecular weight excluding hydrogens is 455 g/mol. The van der Waals surface area contributed by atoms with Gasteiger partial charge in [-0.1, -0.05) is 19.1 Å². The molecule has 146 valence electrons. The van der Waals surface area contributed by atoms with Gasteiger partial charge in [-0.15, -0.1) is 34.2 Å². The maximum atomic E-state index is 4.60. The fraction of sp³-hybridized carbons (Fsp3) is 0.444. The molecule has 0 fully saturated rings. The summed E-state index contributed by atoms with van der Waals surface area (Å²) in [5.74, 6) is 2.81. The fourth-order valence-electron chi connectivity index (χ4n) is 3.02. The number of benzene rings is 1. The molecule has 27 heavy (non-hydrogen) atoms. The van der Waals surface area contributed by atoms with Gasteiger partial charge in [0.2, 0.25) is 0 Å². The summed E-state index contributed by atoms with van der Waals surface area (Å²) in [4.78, 5) is 8.88. The number of hydrogen-bond donors (Lipinski definition) is 2. The highest BCUT2D eigenvalue weighted by Crippen LogP contribution is 2.14. The third-order valence-corrected chi connectivity index (χ3v) is 4.35. The van der Waals surface area contributed by atoms with Crippen molar-refractivity contribution in [2.45, 2.75) is 33.4 Å². The molecule has 1 aromatic carbocycles. The van der Waals surface area contributed by atoms with Gasteiger partial charge in [-0.3, -0.25) is 4.99 Å². The molecule has 9 heteroatoms. The van der Waals surface area contributed by atoms with Crippen molar-refractivity contribution in [2.24, 2.45) is 4.99 Å². The lowest BCUT2D eigenvalue weighted by atomic mass is 10.3. The molecule has 2 aromatic heterocycles. The largest absolute Gasteiger partial charge is 0.355 e. The second kappa shape index (κ2) is 10.2. The van der Waals surface area contributed by atoms with E-state index >= 15 is 0 Å². The molecule has 3 rings (SSSR count). The average molecular weight is 482 g/mol. The molecule has 0 saturated heterocycles. The Morgan fingerprint density at radius 3 is 2.63 bits per heavy atom. The number of para-hydroxylation sites is 2. The minimum Gasteiger partial charge on any atom is -0.355 e. The number of halogens is 1. The van der Waals surface area contributed by atoms with Crippen molar-refractivity contribution in [3.05, 3.63) is 42.2 Å². The first-order chi connectivity index (χ1) is 12.7. The number of imidazole rings is 1. The predicted molar refractivity (Wildman–Crippen MR) is 119 cm³/mol. The summed E-state index contributed by atoms with van der Waals surface area (Å²) in [7, 11) is 1.78. The van der Waals surface area contributed by atoms with Crippen LogP contribution >= 0.6 is 24.0 Å². The third-order valence-electron chi connectivity index (χ3n) is 4.35. The van der Waals surface area contributed by atoms with Gasteiger partial charge in [0, 0.05) is 39.6 Å². The van der Waals surface area contributed by atoms with Gasteiger partial charge in [0.15, 0.2) is 5.96 Å². The molecule has 0 spiro atoms.